The summed E-state index contributed by atoms with van der Waals surface area (Å²) in [5.41, 5.74) is 0.855. The predicted octanol–water partition coefficient (Wildman–Crippen LogP) is 0.647. The minimum Gasteiger partial charge on any atom is -0.481 e. The Kier molecular flexibility index (Phi) is 3.90. The quantitative estimate of drug-likeness (QED) is 0.741. The third-order valence-electron chi connectivity index (χ3n) is 2.59. The molecule has 18 heavy (non-hydrogen) atoms. The van der Waals surface area contributed by atoms with Crippen molar-refractivity contribution in [2.45, 2.75) is 37.5 Å². The molecule has 0 spiro atoms. The van der Waals surface area contributed by atoms with Crippen molar-refractivity contribution >= 4 is 23.6 Å². The number of rotatable bonds is 6. The number of carboxylic acid groups (broad SMARTS) is 1. The Balaban J connectivity index is 1.98. The van der Waals surface area contributed by atoms with Crippen molar-refractivity contribution in [2.24, 2.45) is 0 Å². The lowest BCUT2D eigenvalue weighted by Gasteiger charge is -2.09. The Morgan fingerprint density at radius 1 is 1.61 bits per heavy atom. The number of nitrogens with zero attached hydrogens (tertiary/aromatic N) is 2. The summed E-state index contributed by atoms with van der Waals surface area (Å²) >= 11 is 1.12. The molecule has 1 amide bonds. The van der Waals surface area contributed by atoms with Crippen LogP contribution in [0.25, 0.3) is 0 Å². The van der Waals surface area contributed by atoms with E-state index < -0.39 is 5.97 Å². The molecule has 0 unspecified atom stereocenters. The average Bonchev–Trinajstić information content (AvgIpc) is 3.03. The molecule has 0 bridgehead atoms. The Labute approximate surface area is 109 Å². The van der Waals surface area contributed by atoms with Gasteiger partial charge in [0.15, 0.2) is 5.16 Å². The number of thioether (sulfide) groups is 1. The Hall–Kier alpha value is -1.50. The molecule has 7 heteroatoms. The molecule has 1 aliphatic carbocycles. The molecule has 1 aliphatic rings. The number of aliphatic carboxylic acids is 1. The molecule has 0 saturated heterocycles. The Morgan fingerprint density at radius 2 is 2.33 bits per heavy atom. The van der Waals surface area contributed by atoms with E-state index in [1.54, 1.807) is 10.8 Å². The van der Waals surface area contributed by atoms with Crippen LogP contribution in [-0.4, -0.2) is 38.3 Å². The molecule has 1 aromatic heterocycles. The molecule has 2 rings (SSSR count). The molecule has 0 atom stereocenters. The van der Waals surface area contributed by atoms with Crippen LogP contribution >= 0.6 is 11.8 Å². The van der Waals surface area contributed by atoms with E-state index in [0.717, 1.165) is 30.3 Å². The zero-order valence-corrected chi connectivity index (χ0v) is 10.9. The van der Waals surface area contributed by atoms with Gasteiger partial charge in [-0.15, -0.1) is 0 Å². The van der Waals surface area contributed by atoms with Crippen molar-refractivity contribution in [3.63, 3.8) is 0 Å². The van der Waals surface area contributed by atoms with Gasteiger partial charge in [-0.05, 0) is 19.8 Å². The van der Waals surface area contributed by atoms with E-state index in [4.69, 9.17) is 5.11 Å². The van der Waals surface area contributed by atoms with Crippen LogP contribution in [-0.2, 0) is 16.1 Å². The fourth-order valence-corrected chi connectivity index (χ4v) is 2.26. The molecule has 1 fully saturated rings. The SMILES string of the molecule is Cc1cnc(SCC(=O)O)n1CC(=O)NC1CC1. The molecular weight excluding hydrogens is 254 g/mol. The third-order valence-corrected chi connectivity index (χ3v) is 3.56. The van der Waals surface area contributed by atoms with Crippen molar-refractivity contribution in [1.82, 2.24) is 14.9 Å². The van der Waals surface area contributed by atoms with Crippen LogP contribution in [0.2, 0.25) is 0 Å². The van der Waals surface area contributed by atoms with Gasteiger partial charge in [0.2, 0.25) is 5.91 Å². The van der Waals surface area contributed by atoms with Gasteiger partial charge in [0.25, 0.3) is 0 Å². The monoisotopic (exact) mass is 269 g/mol. The van der Waals surface area contributed by atoms with Gasteiger partial charge in [-0.1, -0.05) is 11.8 Å². The number of hydrogen-bond acceptors (Lipinski definition) is 4. The maximum Gasteiger partial charge on any atom is 0.313 e. The first-order chi connectivity index (χ1) is 8.56. The molecule has 2 N–H and O–H groups in total. The molecule has 0 aliphatic heterocycles. The van der Waals surface area contributed by atoms with Gasteiger partial charge >= 0.3 is 5.97 Å². The summed E-state index contributed by atoms with van der Waals surface area (Å²) in [6.07, 6.45) is 3.75. The van der Waals surface area contributed by atoms with Gasteiger partial charge in [-0.25, -0.2) is 4.98 Å². The molecule has 1 saturated carbocycles. The molecule has 1 heterocycles. The Bertz CT molecular complexity index is 468. The first-order valence-corrected chi connectivity index (χ1v) is 6.71. The van der Waals surface area contributed by atoms with E-state index in [-0.39, 0.29) is 18.2 Å². The van der Waals surface area contributed by atoms with Crippen molar-refractivity contribution in [2.75, 3.05) is 5.75 Å². The van der Waals surface area contributed by atoms with Crippen LogP contribution in [0.3, 0.4) is 0 Å². The van der Waals surface area contributed by atoms with Gasteiger partial charge in [0.05, 0.1) is 5.75 Å². The minimum absolute atomic E-state index is 0.0456. The summed E-state index contributed by atoms with van der Waals surface area (Å²) in [5.74, 6) is -0.994. The summed E-state index contributed by atoms with van der Waals surface area (Å²) in [5, 5.41) is 12.1. The largest absolute Gasteiger partial charge is 0.481 e. The summed E-state index contributed by atoms with van der Waals surface area (Å²) in [6, 6.07) is 0.330. The summed E-state index contributed by atoms with van der Waals surface area (Å²) in [7, 11) is 0. The molecule has 98 valence electrons. The lowest BCUT2D eigenvalue weighted by Crippen LogP contribution is -2.29. The highest BCUT2D eigenvalue weighted by Crippen LogP contribution is 2.20. The lowest BCUT2D eigenvalue weighted by atomic mass is 10.5. The number of hydrogen-bond donors (Lipinski definition) is 2. The average molecular weight is 269 g/mol. The number of amides is 1. The van der Waals surface area contributed by atoms with Gasteiger partial charge < -0.3 is 15.0 Å². The molecular formula is C11H15N3O3S. The zero-order valence-electron chi connectivity index (χ0n) is 10.0. The maximum absolute atomic E-state index is 11.7. The van der Waals surface area contributed by atoms with Crippen LogP contribution < -0.4 is 5.32 Å². The number of nitrogens with one attached hydrogen (secondary N) is 1. The number of aromatic nitrogens is 2. The van der Waals surface area contributed by atoms with Crippen LogP contribution in [0, 0.1) is 6.92 Å². The second kappa shape index (κ2) is 5.43. The van der Waals surface area contributed by atoms with Crippen molar-refractivity contribution in [3.8, 4) is 0 Å². The molecule has 1 aromatic rings. The number of carboxylic acids is 1. The van der Waals surface area contributed by atoms with E-state index in [9.17, 15) is 9.59 Å². The van der Waals surface area contributed by atoms with Gasteiger partial charge in [0.1, 0.15) is 6.54 Å². The number of carbonyl (C=O) groups is 2. The molecule has 6 nitrogen and oxygen atoms in total. The fourth-order valence-electron chi connectivity index (χ4n) is 1.52. The highest BCUT2D eigenvalue weighted by Gasteiger charge is 2.23. The number of imidazole rings is 1. The topological polar surface area (TPSA) is 84.2 Å². The third kappa shape index (κ3) is 3.49. The van der Waals surface area contributed by atoms with E-state index in [2.05, 4.69) is 10.3 Å². The first-order valence-electron chi connectivity index (χ1n) is 5.72. The van der Waals surface area contributed by atoms with Gasteiger partial charge in [0, 0.05) is 17.9 Å². The predicted molar refractivity (Wildman–Crippen MR) is 66.5 cm³/mol. The first kappa shape index (κ1) is 12.9. The van der Waals surface area contributed by atoms with E-state index >= 15 is 0 Å². The smallest absolute Gasteiger partial charge is 0.313 e. The second-order valence-electron chi connectivity index (χ2n) is 4.29. The van der Waals surface area contributed by atoms with Gasteiger partial charge in [-0.3, -0.25) is 9.59 Å². The normalized spacial score (nSPS) is 14.5. The van der Waals surface area contributed by atoms with Crippen LogP contribution in [0.5, 0.6) is 0 Å². The van der Waals surface area contributed by atoms with Crippen LogP contribution in [0.1, 0.15) is 18.5 Å². The zero-order chi connectivity index (χ0) is 13.1. The molecule has 0 radical (unpaired) electrons. The van der Waals surface area contributed by atoms with E-state index in [0.29, 0.717) is 11.2 Å². The molecule has 0 aromatic carbocycles. The van der Waals surface area contributed by atoms with Gasteiger partial charge in [-0.2, -0.15) is 0 Å². The van der Waals surface area contributed by atoms with Crippen LogP contribution in [0.4, 0.5) is 0 Å². The van der Waals surface area contributed by atoms with E-state index in [1.807, 2.05) is 6.92 Å². The van der Waals surface area contributed by atoms with Crippen LogP contribution in [0.15, 0.2) is 11.4 Å². The lowest BCUT2D eigenvalue weighted by molar-refractivity contribution is -0.133. The highest BCUT2D eigenvalue weighted by atomic mass is 32.2. The van der Waals surface area contributed by atoms with Crippen molar-refractivity contribution in [1.29, 1.82) is 0 Å². The summed E-state index contributed by atoms with van der Waals surface area (Å²) in [6.45, 7) is 2.05. The summed E-state index contributed by atoms with van der Waals surface area (Å²) < 4.78 is 1.74. The Morgan fingerprint density at radius 3 is 2.94 bits per heavy atom. The maximum atomic E-state index is 11.7. The number of carbonyl (C=O) groups excluding carboxylic acids is 1. The second-order valence-corrected chi connectivity index (χ2v) is 5.23. The standard InChI is InChI=1S/C11H15N3O3S/c1-7-4-12-11(18-6-10(16)17)14(7)5-9(15)13-8-2-3-8/h4,8H,2-3,5-6H2,1H3,(H,13,15)(H,16,17). The summed E-state index contributed by atoms with van der Waals surface area (Å²) in [4.78, 5) is 26.4. The number of aryl methyl sites for hydroxylation is 1. The highest BCUT2D eigenvalue weighted by molar-refractivity contribution is 7.99. The van der Waals surface area contributed by atoms with Crippen molar-refractivity contribution in [3.05, 3.63) is 11.9 Å². The fraction of sp³-hybridized carbons (Fsp3) is 0.545. The minimum atomic E-state index is -0.894. The van der Waals surface area contributed by atoms with E-state index in [1.165, 1.54) is 0 Å². The van der Waals surface area contributed by atoms with Crippen molar-refractivity contribution < 1.29 is 14.7 Å².